The lowest BCUT2D eigenvalue weighted by atomic mass is 9.72. The lowest BCUT2D eigenvalue weighted by Crippen LogP contribution is -2.61. The molecule has 2 heterocycles. The van der Waals surface area contributed by atoms with E-state index in [0.717, 1.165) is 31.0 Å². The molecule has 19 heavy (non-hydrogen) atoms. The topological polar surface area (TPSA) is 12.5 Å². The molecule has 1 fully saturated rings. The molecule has 108 valence electrons. The van der Waals surface area contributed by atoms with Gasteiger partial charge in [-0.1, -0.05) is 20.8 Å². The zero-order chi connectivity index (χ0) is 13.8. The summed E-state index contributed by atoms with van der Waals surface area (Å²) >= 11 is 0. The second-order valence-electron chi connectivity index (χ2n) is 7.56. The number of nitrogens with zero attached hydrogens (tertiary/aromatic N) is 1. The molecule has 0 amide bonds. The van der Waals surface area contributed by atoms with Gasteiger partial charge in [0.25, 0.3) is 0 Å². The third kappa shape index (κ3) is 1.86. The van der Waals surface area contributed by atoms with E-state index in [-0.39, 0.29) is 0 Å². The number of rotatable bonds is 2. The third-order valence-electron chi connectivity index (χ3n) is 5.71. The molecule has 0 N–H and O–H groups in total. The Morgan fingerprint density at radius 3 is 2.37 bits per heavy atom. The summed E-state index contributed by atoms with van der Waals surface area (Å²) in [5.41, 5.74) is 3.78. The van der Waals surface area contributed by atoms with Gasteiger partial charge in [-0.05, 0) is 56.4 Å². The molecule has 2 atom stereocenters. The smallest absolute Gasteiger partial charge is 0.0905 e. The standard InChI is InChI=1S/C17H29NO/c1-11(2)14-6-7-16-15(13(14)5)8-17(9-19-10-17)18(16)12(3)4/h11-14H,6-10H2,1-5H3. The molecule has 0 aromatic rings. The molecule has 0 bridgehead atoms. The van der Waals surface area contributed by atoms with Crippen LogP contribution in [-0.2, 0) is 4.74 Å². The Bertz CT molecular complexity index is 392. The highest BCUT2D eigenvalue weighted by Crippen LogP contribution is 2.52. The molecular formula is C17H29NO. The van der Waals surface area contributed by atoms with Crippen LogP contribution in [0, 0.1) is 17.8 Å². The van der Waals surface area contributed by atoms with Crippen LogP contribution in [0.4, 0.5) is 0 Å². The summed E-state index contributed by atoms with van der Waals surface area (Å²) in [4.78, 5) is 2.72. The van der Waals surface area contributed by atoms with Gasteiger partial charge in [-0.3, -0.25) is 0 Å². The van der Waals surface area contributed by atoms with Crippen LogP contribution in [0.15, 0.2) is 11.3 Å². The average Bonchev–Trinajstić information content (AvgIpc) is 2.64. The van der Waals surface area contributed by atoms with Gasteiger partial charge in [0.2, 0.25) is 0 Å². The van der Waals surface area contributed by atoms with Crippen LogP contribution in [0.2, 0.25) is 0 Å². The van der Waals surface area contributed by atoms with Crippen LogP contribution in [0.5, 0.6) is 0 Å². The van der Waals surface area contributed by atoms with E-state index in [4.69, 9.17) is 4.74 Å². The Balaban J connectivity index is 1.92. The Morgan fingerprint density at radius 1 is 1.21 bits per heavy atom. The monoisotopic (exact) mass is 263 g/mol. The summed E-state index contributed by atoms with van der Waals surface area (Å²) in [5, 5.41) is 0. The zero-order valence-electron chi connectivity index (χ0n) is 13.2. The molecule has 0 radical (unpaired) electrons. The van der Waals surface area contributed by atoms with Gasteiger partial charge in [-0.25, -0.2) is 0 Å². The van der Waals surface area contributed by atoms with Crippen LogP contribution in [0.25, 0.3) is 0 Å². The Hall–Kier alpha value is -0.500. The van der Waals surface area contributed by atoms with Crippen molar-refractivity contribution < 1.29 is 4.74 Å². The second-order valence-corrected chi connectivity index (χ2v) is 7.56. The van der Waals surface area contributed by atoms with Crippen molar-refractivity contribution in [3.05, 3.63) is 11.3 Å². The number of allylic oxidation sites excluding steroid dienone is 1. The van der Waals surface area contributed by atoms with Crippen molar-refractivity contribution in [3.8, 4) is 0 Å². The van der Waals surface area contributed by atoms with Gasteiger partial charge >= 0.3 is 0 Å². The quantitative estimate of drug-likeness (QED) is 0.751. The van der Waals surface area contributed by atoms with Crippen molar-refractivity contribution in [2.24, 2.45) is 17.8 Å². The van der Waals surface area contributed by atoms with Crippen LogP contribution in [0.1, 0.15) is 53.9 Å². The van der Waals surface area contributed by atoms with Crippen LogP contribution >= 0.6 is 0 Å². The molecule has 2 heteroatoms. The van der Waals surface area contributed by atoms with E-state index < -0.39 is 0 Å². The fourth-order valence-corrected chi connectivity index (χ4v) is 4.85. The normalized spacial score (nSPS) is 33.3. The van der Waals surface area contributed by atoms with Gasteiger partial charge < -0.3 is 9.64 Å². The molecule has 1 saturated heterocycles. The van der Waals surface area contributed by atoms with Crippen molar-refractivity contribution in [3.63, 3.8) is 0 Å². The van der Waals surface area contributed by atoms with E-state index in [0.29, 0.717) is 11.6 Å². The van der Waals surface area contributed by atoms with Gasteiger partial charge in [0, 0.05) is 11.7 Å². The summed E-state index contributed by atoms with van der Waals surface area (Å²) in [6.07, 6.45) is 3.94. The van der Waals surface area contributed by atoms with Gasteiger partial charge in [0.1, 0.15) is 0 Å². The zero-order valence-corrected chi connectivity index (χ0v) is 13.2. The minimum atomic E-state index is 0.332. The van der Waals surface area contributed by atoms with Crippen molar-refractivity contribution >= 4 is 0 Å². The molecule has 0 aromatic heterocycles. The van der Waals surface area contributed by atoms with E-state index in [1.807, 2.05) is 0 Å². The number of hydrogen-bond donors (Lipinski definition) is 0. The average molecular weight is 263 g/mol. The van der Waals surface area contributed by atoms with E-state index in [2.05, 4.69) is 39.5 Å². The SMILES string of the molecule is CC(C)C1CCC2=C(CC3(COC3)N2C(C)C)C1C. The van der Waals surface area contributed by atoms with E-state index in [1.165, 1.54) is 19.3 Å². The van der Waals surface area contributed by atoms with E-state index >= 15 is 0 Å². The first kappa shape index (κ1) is 13.5. The van der Waals surface area contributed by atoms with Gasteiger partial charge in [-0.15, -0.1) is 0 Å². The fraction of sp³-hybridized carbons (Fsp3) is 0.882. The van der Waals surface area contributed by atoms with Gasteiger partial charge in [0.15, 0.2) is 0 Å². The summed E-state index contributed by atoms with van der Waals surface area (Å²) < 4.78 is 5.59. The molecule has 3 aliphatic rings. The minimum Gasteiger partial charge on any atom is -0.376 e. The first-order valence-electron chi connectivity index (χ1n) is 8.05. The molecule has 3 rings (SSSR count). The molecule has 1 aliphatic carbocycles. The van der Waals surface area contributed by atoms with Crippen molar-refractivity contribution in [1.82, 2.24) is 4.90 Å². The minimum absolute atomic E-state index is 0.332. The van der Waals surface area contributed by atoms with Gasteiger partial charge in [0.05, 0.1) is 18.8 Å². The summed E-state index contributed by atoms with van der Waals surface area (Å²) in [5.74, 6) is 2.46. The predicted molar refractivity (Wildman–Crippen MR) is 78.9 cm³/mol. The highest BCUT2D eigenvalue weighted by molar-refractivity contribution is 5.33. The first-order chi connectivity index (χ1) is 8.96. The van der Waals surface area contributed by atoms with Crippen LogP contribution in [-0.4, -0.2) is 29.7 Å². The maximum absolute atomic E-state index is 5.59. The predicted octanol–water partition coefficient (Wildman–Crippen LogP) is 3.83. The maximum Gasteiger partial charge on any atom is 0.0905 e. The Labute approximate surface area is 118 Å². The molecule has 0 saturated carbocycles. The highest BCUT2D eigenvalue weighted by Gasteiger charge is 2.53. The molecule has 2 aliphatic heterocycles. The number of ether oxygens (including phenoxy) is 1. The van der Waals surface area contributed by atoms with E-state index in [1.54, 1.807) is 11.3 Å². The first-order valence-corrected chi connectivity index (χ1v) is 8.05. The Morgan fingerprint density at radius 2 is 1.89 bits per heavy atom. The van der Waals surface area contributed by atoms with Gasteiger partial charge in [-0.2, -0.15) is 0 Å². The molecule has 2 unspecified atom stereocenters. The fourth-order valence-electron chi connectivity index (χ4n) is 4.85. The highest BCUT2D eigenvalue weighted by atomic mass is 16.5. The van der Waals surface area contributed by atoms with E-state index in [9.17, 15) is 0 Å². The molecule has 1 spiro atoms. The van der Waals surface area contributed by atoms with Crippen LogP contribution < -0.4 is 0 Å². The summed E-state index contributed by atoms with van der Waals surface area (Å²) in [7, 11) is 0. The third-order valence-corrected chi connectivity index (χ3v) is 5.71. The summed E-state index contributed by atoms with van der Waals surface area (Å²) in [6.45, 7) is 13.8. The van der Waals surface area contributed by atoms with Crippen molar-refractivity contribution in [1.29, 1.82) is 0 Å². The van der Waals surface area contributed by atoms with Crippen molar-refractivity contribution in [2.75, 3.05) is 13.2 Å². The summed E-state index contributed by atoms with van der Waals surface area (Å²) in [6, 6.07) is 0.610. The largest absolute Gasteiger partial charge is 0.376 e. The lowest BCUT2D eigenvalue weighted by molar-refractivity contribution is -0.128. The number of hydrogen-bond acceptors (Lipinski definition) is 2. The lowest BCUT2D eigenvalue weighted by Gasteiger charge is -2.50. The molecular weight excluding hydrogens is 234 g/mol. The van der Waals surface area contributed by atoms with Crippen LogP contribution in [0.3, 0.4) is 0 Å². The second kappa shape index (κ2) is 4.51. The maximum atomic E-state index is 5.59. The molecule has 0 aromatic carbocycles. The Kier molecular flexibility index (Phi) is 3.20. The molecule has 2 nitrogen and oxygen atoms in total. The van der Waals surface area contributed by atoms with Crippen molar-refractivity contribution in [2.45, 2.75) is 65.5 Å².